The van der Waals surface area contributed by atoms with Crippen molar-refractivity contribution in [1.82, 2.24) is 19.9 Å². The van der Waals surface area contributed by atoms with Crippen molar-refractivity contribution in [2.24, 2.45) is 0 Å². The van der Waals surface area contributed by atoms with Crippen molar-refractivity contribution in [1.29, 1.82) is 0 Å². The zero-order valence-electron chi connectivity index (χ0n) is 17.2. The average molecular weight is 453 g/mol. The second kappa shape index (κ2) is 8.76. The number of carbonyl (C=O) groups excluding carboxylic acids is 1. The molecule has 32 heavy (non-hydrogen) atoms. The predicted octanol–water partition coefficient (Wildman–Crippen LogP) is 4.40. The van der Waals surface area contributed by atoms with Crippen molar-refractivity contribution in [2.75, 3.05) is 6.54 Å². The third kappa shape index (κ3) is 4.04. The SMILES string of the molecule is CCNC(=O)c1cccc(-c2c(=O)ncn3nc(Oc4ccc(C)cc4F)ccc23)c1Cl. The molecular formula is C23H18ClFN4O3. The summed E-state index contributed by atoms with van der Waals surface area (Å²) >= 11 is 6.49. The number of fused-ring (bicyclic) bond motifs is 1. The van der Waals surface area contributed by atoms with Crippen LogP contribution >= 0.6 is 11.6 Å². The highest BCUT2D eigenvalue weighted by Gasteiger charge is 2.19. The summed E-state index contributed by atoms with van der Waals surface area (Å²) in [5.41, 5.74) is 1.42. The lowest BCUT2D eigenvalue weighted by Gasteiger charge is -2.12. The molecule has 4 aromatic rings. The predicted molar refractivity (Wildman–Crippen MR) is 119 cm³/mol. The first-order chi connectivity index (χ1) is 15.4. The molecule has 4 rings (SSSR count). The molecule has 7 nitrogen and oxygen atoms in total. The van der Waals surface area contributed by atoms with Gasteiger partial charge in [0.1, 0.15) is 6.33 Å². The van der Waals surface area contributed by atoms with Gasteiger partial charge in [-0.15, -0.1) is 5.10 Å². The van der Waals surface area contributed by atoms with Crippen LogP contribution in [0.3, 0.4) is 0 Å². The number of halogens is 2. The van der Waals surface area contributed by atoms with Crippen LogP contribution in [0.4, 0.5) is 4.39 Å². The highest BCUT2D eigenvalue weighted by Crippen LogP contribution is 2.32. The number of aromatic nitrogens is 3. The maximum absolute atomic E-state index is 14.1. The summed E-state index contributed by atoms with van der Waals surface area (Å²) in [6.45, 7) is 4.01. The number of hydrogen-bond acceptors (Lipinski definition) is 5. The third-order valence-corrected chi connectivity index (χ3v) is 5.15. The lowest BCUT2D eigenvalue weighted by Crippen LogP contribution is -2.23. The fraction of sp³-hybridized carbons (Fsp3) is 0.130. The van der Waals surface area contributed by atoms with E-state index in [0.717, 1.165) is 5.56 Å². The van der Waals surface area contributed by atoms with E-state index in [2.05, 4.69) is 15.4 Å². The summed E-state index contributed by atoms with van der Waals surface area (Å²) in [5, 5.41) is 7.10. The van der Waals surface area contributed by atoms with E-state index < -0.39 is 11.4 Å². The van der Waals surface area contributed by atoms with Crippen LogP contribution in [-0.2, 0) is 0 Å². The van der Waals surface area contributed by atoms with Gasteiger partial charge in [-0.05, 0) is 43.7 Å². The van der Waals surface area contributed by atoms with Crippen LogP contribution in [0.5, 0.6) is 11.6 Å². The Bertz CT molecular complexity index is 1400. The Hall–Kier alpha value is -3.78. The second-order valence-corrected chi connectivity index (χ2v) is 7.37. The summed E-state index contributed by atoms with van der Waals surface area (Å²) < 4.78 is 21.0. The summed E-state index contributed by atoms with van der Waals surface area (Å²) in [4.78, 5) is 28.8. The molecule has 0 saturated heterocycles. The Balaban J connectivity index is 1.80. The molecule has 2 aromatic carbocycles. The molecule has 0 unspecified atom stereocenters. The Morgan fingerprint density at radius 3 is 2.78 bits per heavy atom. The van der Waals surface area contributed by atoms with Crippen molar-refractivity contribution in [3.05, 3.63) is 87.2 Å². The van der Waals surface area contributed by atoms with Gasteiger partial charge < -0.3 is 10.1 Å². The van der Waals surface area contributed by atoms with E-state index in [-0.39, 0.29) is 33.7 Å². The number of hydrogen-bond donors (Lipinski definition) is 1. The van der Waals surface area contributed by atoms with E-state index in [4.69, 9.17) is 16.3 Å². The Morgan fingerprint density at radius 2 is 2.03 bits per heavy atom. The molecular weight excluding hydrogens is 435 g/mol. The van der Waals surface area contributed by atoms with Crippen LogP contribution < -0.4 is 15.6 Å². The highest BCUT2D eigenvalue weighted by atomic mass is 35.5. The standard InChI is InChI=1S/C23H18ClFN4O3/c1-3-26-22(30)15-6-4-5-14(21(15)24)20-17-8-10-19(28-29(17)12-27-23(20)31)32-18-9-7-13(2)11-16(18)25/h4-12H,3H2,1-2H3,(H,26,30). The van der Waals surface area contributed by atoms with Gasteiger partial charge in [0.05, 0.1) is 21.7 Å². The molecule has 0 radical (unpaired) electrons. The number of carbonyl (C=O) groups is 1. The Labute approximate surface area is 187 Å². The number of nitrogens with one attached hydrogen (secondary N) is 1. The fourth-order valence-corrected chi connectivity index (χ4v) is 3.56. The number of nitrogens with zero attached hydrogens (tertiary/aromatic N) is 3. The molecule has 162 valence electrons. The van der Waals surface area contributed by atoms with Crippen LogP contribution in [0.25, 0.3) is 16.6 Å². The molecule has 0 aliphatic carbocycles. The first-order valence-electron chi connectivity index (χ1n) is 9.79. The number of rotatable bonds is 5. The topological polar surface area (TPSA) is 85.6 Å². The van der Waals surface area contributed by atoms with Gasteiger partial charge in [-0.3, -0.25) is 9.59 Å². The first kappa shape index (κ1) is 21.5. The largest absolute Gasteiger partial charge is 0.435 e. The fourth-order valence-electron chi connectivity index (χ4n) is 3.25. The van der Waals surface area contributed by atoms with Crippen molar-refractivity contribution in [3.8, 4) is 22.8 Å². The zero-order chi connectivity index (χ0) is 22.8. The van der Waals surface area contributed by atoms with Crippen molar-refractivity contribution in [3.63, 3.8) is 0 Å². The molecule has 0 saturated carbocycles. The monoisotopic (exact) mass is 452 g/mol. The van der Waals surface area contributed by atoms with E-state index in [9.17, 15) is 14.0 Å². The van der Waals surface area contributed by atoms with E-state index in [1.54, 1.807) is 44.2 Å². The number of aryl methyl sites for hydroxylation is 1. The first-order valence-corrected chi connectivity index (χ1v) is 10.2. The van der Waals surface area contributed by atoms with Crippen LogP contribution in [0, 0.1) is 12.7 Å². The average Bonchev–Trinajstić information content (AvgIpc) is 2.76. The van der Waals surface area contributed by atoms with Gasteiger partial charge in [0.15, 0.2) is 11.6 Å². The lowest BCUT2D eigenvalue weighted by atomic mass is 10.0. The minimum Gasteiger partial charge on any atom is -0.435 e. The molecule has 0 atom stereocenters. The van der Waals surface area contributed by atoms with Crippen LogP contribution in [-0.4, -0.2) is 27.0 Å². The number of benzene rings is 2. The van der Waals surface area contributed by atoms with Crippen LogP contribution in [0.1, 0.15) is 22.8 Å². The van der Waals surface area contributed by atoms with Gasteiger partial charge in [-0.1, -0.05) is 29.8 Å². The number of amides is 1. The minimum absolute atomic E-state index is 0.0226. The lowest BCUT2D eigenvalue weighted by molar-refractivity contribution is 0.0956. The van der Waals surface area contributed by atoms with E-state index in [0.29, 0.717) is 17.6 Å². The Morgan fingerprint density at radius 1 is 1.22 bits per heavy atom. The van der Waals surface area contributed by atoms with Gasteiger partial charge in [0, 0.05) is 18.2 Å². The van der Waals surface area contributed by atoms with Crippen molar-refractivity contribution < 1.29 is 13.9 Å². The van der Waals surface area contributed by atoms with Gasteiger partial charge in [0.25, 0.3) is 11.5 Å². The van der Waals surface area contributed by atoms with Crippen molar-refractivity contribution in [2.45, 2.75) is 13.8 Å². The molecule has 0 aliphatic heterocycles. The van der Waals surface area contributed by atoms with Gasteiger partial charge in [-0.2, -0.15) is 4.98 Å². The van der Waals surface area contributed by atoms with Gasteiger partial charge in [0.2, 0.25) is 5.88 Å². The third-order valence-electron chi connectivity index (χ3n) is 4.74. The molecule has 9 heteroatoms. The molecule has 0 fully saturated rings. The summed E-state index contributed by atoms with van der Waals surface area (Å²) in [5.74, 6) is -0.727. The summed E-state index contributed by atoms with van der Waals surface area (Å²) in [6.07, 6.45) is 1.24. The summed E-state index contributed by atoms with van der Waals surface area (Å²) in [7, 11) is 0. The molecule has 0 bridgehead atoms. The smallest absolute Gasteiger partial charge is 0.281 e. The maximum atomic E-state index is 14.1. The van der Waals surface area contributed by atoms with Crippen molar-refractivity contribution >= 4 is 23.0 Å². The van der Waals surface area contributed by atoms with E-state index >= 15 is 0 Å². The molecule has 0 spiro atoms. The van der Waals surface area contributed by atoms with E-state index in [1.807, 2.05) is 0 Å². The molecule has 0 aliphatic rings. The molecule has 1 amide bonds. The molecule has 2 aromatic heterocycles. The Kier molecular flexibility index (Phi) is 5.87. The normalized spacial score (nSPS) is 10.9. The van der Waals surface area contributed by atoms with Gasteiger partial charge >= 0.3 is 0 Å². The van der Waals surface area contributed by atoms with Gasteiger partial charge in [-0.25, -0.2) is 8.91 Å². The quantitative estimate of drug-likeness (QED) is 0.485. The summed E-state index contributed by atoms with van der Waals surface area (Å²) in [6, 6.07) is 12.6. The van der Waals surface area contributed by atoms with E-state index in [1.165, 1.54) is 29.0 Å². The second-order valence-electron chi connectivity index (χ2n) is 6.99. The molecule has 2 heterocycles. The minimum atomic E-state index is -0.528. The highest BCUT2D eigenvalue weighted by molar-refractivity contribution is 6.36. The zero-order valence-corrected chi connectivity index (χ0v) is 18.0. The van der Waals surface area contributed by atoms with Crippen LogP contribution in [0.2, 0.25) is 5.02 Å². The number of ether oxygens (including phenoxy) is 1. The maximum Gasteiger partial charge on any atom is 0.281 e. The molecule has 1 N–H and O–H groups in total. The van der Waals surface area contributed by atoms with Crippen LogP contribution in [0.15, 0.2) is 59.7 Å².